The summed E-state index contributed by atoms with van der Waals surface area (Å²) < 4.78 is 16.1. The number of carbonyl (C=O) groups is 1. The van der Waals surface area contributed by atoms with E-state index in [1.807, 2.05) is 18.2 Å². The van der Waals surface area contributed by atoms with Crippen molar-refractivity contribution in [2.75, 3.05) is 26.9 Å². The molecule has 0 aliphatic carbocycles. The Bertz CT molecular complexity index is 621. The van der Waals surface area contributed by atoms with E-state index in [4.69, 9.17) is 13.9 Å². The first-order valence-corrected chi connectivity index (χ1v) is 8.13. The van der Waals surface area contributed by atoms with Crippen LogP contribution in [0, 0.1) is 0 Å². The van der Waals surface area contributed by atoms with Crippen LogP contribution in [0.25, 0.3) is 11.0 Å². The van der Waals surface area contributed by atoms with Gasteiger partial charge in [-0.3, -0.25) is 4.79 Å². The summed E-state index contributed by atoms with van der Waals surface area (Å²) in [5.41, 5.74) is 1.62. The lowest BCUT2D eigenvalue weighted by Crippen LogP contribution is -2.26. The van der Waals surface area contributed by atoms with E-state index in [1.54, 1.807) is 13.4 Å². The second-order valence-corrected chi connectivity index (χ2v) is 5.47. The standard InChI is InChI=1S/C18H25NO4/c1-3-4-9-22-10-5-8-19-18(20)11-14-13-23-17-12-15(21-2)6-7-16(14)17/h6-7,12-13H,3-5,8-11H2,1-2H3,(H,19,20). The zero-order chi connectivity index (χ0) is 16.5. The third kappa shape index (κ3) is 5.28. The van der Waals surface area contributed by atoms with E-state index in [2.05, 4.69) is 12.2 Å². The fourth-order valence-corrected chi connectivity index (χ4v) is 2.31. The largest absolute Gasteiger partial charge is 0.497 e. The predicted octanol–water partition coefficient (Wildman–Crippen LogP) is 3.31. The second kappa shape index (κ2) is 9.20. The van der Waals surface area contributed by atoms with Crippen LogP contribution in [0.1, 0.15) is 31.7 Å². The van der Waals surface area contributed by atoms with Crippen LogP contribution in [0.5, 0.6) is 5.75 Å². The molecular formula is C18H25NO4. The number of methoxy groups -OCH3 is 1. The average molecular weight is 319 g/mol. The summed E-state index contributed by atoms with van der Waals surface area (Å²) in [6.45, 7) is 4.26. The van der Waals surface area contributed by atoms with Gasteiger partial charge in [0.15, 0.2) is 0 Å². The number of nitrogens with one attached hydrogen (secondary N) is 1. The van der Waals surface area contributed by atoms with E-state index in [-0.39, 0.29) is 5.91 Å². The maximum absolute atomic E-state index is 12.0. The molecule has 0 saturated heterocycles. The Kier molecular flexibility index (Phi) is 6.94. The molecule has 1 N–H and O–H groups in total. The number of hydrogen-bond donors (Lipinski definition) is 1. The molecule has 0 saturated carbocycles. The van der Waals surface area contributed by atoms with Crippen molar-refractivity contribution in [3.63, 3.8) is 0 Å². The molecule has 0 fully saturated rings. The fraction of sp³-hybridized carbons (Fsp3) is 0.500. The zero-order valence-electron chi connectivity index (χ0n) is 13.9. The van der Waals surface area contributed by atoms with Crippen LogP contribution >= 0.6 is 0 Å². The highest BCUT2D eigenvalue weighted by Crippen LogP contribution is 2.25. The third-order valence-electron chi connectivity index (χ3n) is 3.64. The van der Waals surface area contributed by atoms with Gasteiger partial charge in [-0.05, 0) is 25.0 Å². The third-order valence-corrected chi connectivity index (χ3v) is 3.64. The molecule has 1 heterocycles. The lowest BCUT2D eigenvalue weighted by Gasteiger charge is -2.05. The molecule has 0 atom stereocenters. The van der Waals surface area contributed by atoms with Crippen LogP contribution in [0.3, 0.4) is 0 Å². The molecule has 0 aliphatic heterocycles. The maximum atomic E-state index is 12.0. The van der Waals surface area contributed by atoms with Gasteiger partial charge in [0.05, 0.1) is 19.8 Å². The van der Waals surface area contributed by atoms with Gasteiger partial charge >= 0.3 is 0 Å². The number of amides is 1. The SMILES string of the molecule is CCCCOCCCNC(=O)Cc1coc2cc(OC)ccc12. The van der Waals surface area contributed by atoms with Crippen molar-refractivity contribution >= 4 is 16.9 Å². The number of ether oxygens (including phenoxy) is 2. The Morgan fingerprint density at radius 2 is 2.09 bits per heavy atom. The number of benzene rings is 1. The van der Waals surface area contributed by atoms with Gasteiger partial charge in [-0.15, -0.1) is 0 Å². The van der Waals surface area contributed by atoms with Crippen molar-refractivity contribution < 1.29 is 18.7 Å². The minimum absolute atomic E-state index is 0.00271. The summed E-state index contributed by atoms with van der Waals surface area (Å²) >= 11 is 0. The summed E-state index contributed by atoms with van der Waals surface area (Å²) in [6, 6.07) is 5.61. The number of hydrogen-bond acceptors (Lipinski definition) is 4. The number of carbonyl (C=O) groups excluding carboxylic acids is 1. The van der Waals surface area contributed by atoms with E-state index in [9.17, 15) is 4.79 Å². The van der Waals surface area contributed by atoms with Crippen LogP contribution in [0.15, 0.2) is 28.9 Å². The molecule has 0 spiro atoms. The molecule has 0 aliphatic rings. The van der Waals surface area contributed by atoms with Gasteiger partial charge < -0.3 is 19.2 Å². The lowest BCUT2D eigenvalue weighted by atomic mass is 10.1. The van der Waals surface area contributed by atoms with Crippen molar-refractivity contribution in [1.82, 2.24) is 5.32 Å². The molecule has 1 aromatic heterocycles. The normalized spacial score (nSPS) is 10.9. The van der Waals surface area contributed by atoms with Crippen molar-refractivity contribution in [1.29, 1.82) is 0 Å². The molecule has 5 heteroatoms. The first kappa shape index (κ1) is 17.3. The molecule has 23 heavy (non-hydrogen) atoms. The Balaban J connectivity index is 1.75. The Labute approximate surface area is 136 Å². The monoisotopic (exact) mass is 319 g/mol. The molecule has 0 radical (unpaired) electrons. The summed E-state index contributed by atoms with van der Waals surface area (Å²) in [7, 11) is 1.62. The van der Waals surface area contributed by atoms with E-state index in [0.29, 0.717) is 19.6 Å². The quantitative estimate of drug-likeness (QED) is 0.683. The molecule has 2 aromatic rings. The summed E-state index contributed by atoms with van der Waals surface area (Å²) in [6.07, 6.45) is 5.01. The van der Waals surface area contributed by atoms with Gasteiger partial charge in [-0.2, -0.15) is 0 Å². The minimum Gasteiger partial charge on any atom is -0.497 e. The smallest absolute Gasteiger partial charge is 0.224 e. The van der Waals surface area contributed by atoms with Crippen molar-refractivity contribution in [3.05, 3.63) is 30.0 Å². The van der Waals surface area contributed by atoms with Gasteiger partial charge in [-0.25, -0.2) is 0 Å². The van der Waals surface area contributed by atoms with Gasteiger partial charge in [0, 0.05) is 36.8 Å². The van der Waals surface area contributed by atoms with Crippen molar-refractivity contribution in [2.24, 2.45) is 0 Å². The highest BCUT2D eigenvalue weighted by Gasteiger charge is 2.10. The number of furan rings is 1. The van der Waals surface area contributed by atoms with Crippen LogP contribution in [-0.4, -0.2) is 32.8 Å². The van der Waals surface area contributed by atoms with Gasteiger partial charge in [0.25, 0.3) is 0 Å². The first-order valence-electron chi connectivity index (χ1n) is 8.13. The van der Waals surface area contributed by atoms with Crippen molar-refractivity contribution in [2.45, 2.75) is 32.6 Å². The molecule has 0 bridgehead atoms. The topological polar surface area (TPSA) is 60.7 Å². The predicted molar refractivity (Wildman–Crippen MR) is 89.8 cm³/mol. The summed E-state index contributed by atoms with van der Waals surface area (Å²) in [5.74, 6) is 0.739. The lowest BCUT2D eigenvalue weighted by molar-refractivity contribution is -0.120. The highest BCUT2D eigenvalue weighted by atomic mass is 16.5. The Morgan fingerprint density at radius 1 is 1.26 bits per heavy atom. The molecule has 0 unspecified atom stereocenters. The second-order valence-electron chi connectivity index (χ2n) is 5.47. The van der Waals surface area contributed by atoms with E-state index < -0.39 is 0 Å². The van der Waals surface area contributed by atoms with Crippen LogP contribution in [-0.2, 0) is 16.0 Å². The van der Waals surface area contributed by atoms with E-state index in [1.165, 1.54) is 0 Å². The molecule has 2 rings (SSSR count). The summed E-state index contributed by atoms with van der Waals surface area (Å²) in [5, 5.41) is 3.86. The first-order chi connectivity index (χ1) is 11.2. The average Bonchev–Trinajstić information content (AvgIpc) is 2.96. The van der Waals surface area contributed by atoms with Gasteiger partial charge in [0.2, 0.25) is 5.91 Å². The maximum Gasteiger partial charge on any atom is 0.224 e. The van der Waals surface area contributed by atoms with Crippen LogP contribution < -0.4 is 10.1 Å². The number of fused-ring (bicyclic) bond motifs is 1. The number of unbranched alkanes of at least 4 members (excludes halogenated alkanes) is 1. The van der Waals surface area contributed by atoms with Gasteiger partial charge in [0.1, 0.15) is 11.3 Å². The van der Waals surface area contributed by atoms with Crippen LogP contribution in [0.4, 0.5) is 0 Å². The van der Waals surface area contributed by atoms with Crippen LogP contribution in [0.2, 0.25) is 0 Å². The minimum atomic E-state index is -0.00271. The summed E-state index contributed by atoms with van der Waals surface area (Å²) in [4.78, 5) is 12.0. The number of rotatable bonds is 10. The Hall–Kier alpha value is -2.01. The van der Waals surface area contributed by atoms with Crippen molar-refractivity contribution in [3.8, 4) is 5.75 Å². The highest BCUT2D eigenvalue weighted by molar-refractivity contribution is 5.88. The van der Waals surface area contributed by atoms with Gasteiger partial charge in [-0.1, -0.05) is 13.3 Å². The Morgan fingerprint density at radius 3 is 2.87 bits per heavy atom. The molecule has 5 nitrogen and oxygen atoms in total. The molecule has 126 valence electrons. The molecule has 1 amide bonds. The van der Waals surface area contributed by atoms with E-state index >= 15 is 0 Å². The fourth-order valence-electron chi connectivity index (χ4n) is 2.31. The molecular weight excluding hydrogens is 294 g/mol. The molecule has 1 aromatic carbocycles. The zero-order valence-corrected chi connectivity index (χ0v) is 13.9. The van der Waals surface area contributed by atoms with E-state index in [0.717, 1.165) is 48.2 Å².